The normalized spacial score (nSPS) is 15.5. The second kappa shape index (κ2) is 7.13. The van der Waals surface area contributed by atoms with Gasteiger partial charge >= 0.3 is 6.18 Å². The van der Waals surface area contributed by atoms with Gasteiger partial charge in [0.05, 0.1) is 23.8 Å². The molecule has 134 valence electrons. The maximum atomic E-state index is 12.9. The zero-order chi connectivity index (χ0) is 18.0. The number of rotatable bonds is 4. The lowest BCUT2D eigenvalue weighted by Gasteiger charge is -2.20. The lowest BCUT2D eigenvalue weighted by atomic mass is 10.0. The van der Waals surface area contributed by atoms with E-state index in [9.17, 15) is 23.1 Å². The van der Waals surface area contributed by atoms with Crippen LogP contribution in [0.3, 0.4) is 0 Å². The second-order valence-corrected chi connectivity index (χ2v) is 6.86. The number of halogens is 3. The Kier molecular flexibility index (Phi) is 5.10. The number of nitrogens with one attached hydrogen (secondary N) is 1. The molecule has 0 bridgehead atoms. The van der Waals surface area contributed by atoms with Crippen LogP contribution in [0.5, 0.6) is 0 Å². The van der Waals surface area contributed by atoms with E-state index in [0.717, 1.165) is 30.1 Å². The molecule has 1 unspecified atom stereocenters. The molecule has 25 heavy (non-hydrogen) atoms. The number of thioether (sulfide) groups is 1. The maximum Gasteiger partial charge on any atom is 0.416 e. The van der Waals surface area contributed by atoms with Crippen LogP contribution in [-0.2, 0) is 18.5 Å². The number of aryl methyl sites for hydroxylation is 1. The second-order valence-electron chi connectivity index (χ2n) is 5.75. The number of nitrogens with zero attached hydrogens (tertiary/aromatic N) is 1. The quantitative estimate of drug-likeness (QED) is 0.869. The Morgan fingerprint density at radius 1 is 1.36 bits per heavy atom. The number of amides is 1. The molecule has 2 N–H and O–H groups in total. The van der Waals surface area contributed by atoms with Gasteiger partial charge in [-0.1, -0.05) is 12.1 Å². The van der Waals surface area contributed by atoms with E-state index >= 15 is 0 Å². The monoisotopic (exact) mass is 370 g/mol. The molecule has 1 amide bonds. The topological polar surface area (TPSA) is 54.3 Å². The third kappa shape index (κ3) is 3.85. The summed E-state index contributed by atoms with van der Waals surface area (Å²) in [5, 5.41) is 12.2. The molecule has 1 atom stereocenters. The van der Waals surface area contributed by atoms with E-state index in [1.54, 1.807) is 17.8 Å². The van der Waals surface area contributed by atoms with E-state index in [4.69, 9.17) is 0 Å². The van der Waals surface area contributed by atoms with Crippen molar-refractivity contribution in [2.75, 3.05) is 12.4 Å². The Morgan fingerprint density at radius 2 is 2.16 bits per heavy atom. The number of carbonyl (C=O) groups excluding carboxylic acids is 1. The number of carbonyl (C=O) groups is 1. The van der Waals surface area contributed by atoms with Crippen molar-refractivity contribution in [1.82, 2.24) is 9.88 Å². The fraction of sp³-hybridized carbons (Fsp3) is 0.353. The minimum atomic E-state index is -4.47. The van der Waals surface area contributed by atoms with Gasteiger partial charge in [-0.25, -0.2) is 0 Å². The third-order valence-corrected chi connectivity index (χ3v) is 5.09. The van der Waals surface area contributed by atoms with Crippen molar-refractivity contribution in [3.8, 4) is 0 Å². The summed E-state index contributed by atoms with van der Waals surface area (Å²) >= 11 is 1.72. The van der Waals surface area contributed by atoms with Gasteiger partial charge in [-0.15, -0.1) is 0 Å². The standard InChI is InChI=1S/C17H17F3N2O2S/c18-17(19,20)12-3-1-2-11(8-12)14(9-23)21-16(24)13-4-5-22-6-7-25-10-15(13)22/h1-5,8,14,23H,6-7,9-10H2,(H,21,24). The number of alkyl halides is 3. The van der Waals surface area contributed by atoms with Crippen molar-refractivity contribution in [2.24, 2.45) is 0 Å². The van der Waals surface area contributed by atoms with Crippen LogP contribution in [0.4, 0.5) is 13.2 Å². The molecule has 1 aliphatic heterocycles. The van der Waals surface area contributed by atoms with Gasteiger partial charge in [0.1, 0.15) is 0 Å². The summed E-state index contributed by atoms with van der Waals surface area (Å²) in [4.78, 5) is 12.5. The minimum absolute atomic E-state index is 0.216. The molecule has 8 heteroatoms. The zero-order valence-corrected chi connectivity index (χ0v) is 14.0. The number of fused-ring (bicyclic) bond motifs is 1. The van der Waals surface area contributed by atoms with E-state index < -0.39 is 30.3 Å². The molecule has 0 saturated heterocycles. The van der Waals surface area contributed by atoms with Gasteiger partial charge in [0.15, 0.2) is 0 Å². The number of aliphatic hydroxyl groups is 1. The molecule has 3 rings (SSSR count). The highest BCUT2D eigenvalue weighted by molar-refractivity contribution is 7.98. The molecular weight excluding hydrogens is 353 g/mol. The first-order chi connectivity index (χ1) is 11.9. The summed E-state index contributed by atoms with van der Waals surface area (Å²) in [6.07, 6.45) is -2.64. The highest BCUT2D eigenvalue weighted by atomic mass is 32.2. The van der Waals surface area contributed by atoms with Gasteiger partial charge in [0.2, 0.25) is 0 Å². The Morgan fingerprint density at radius 3 is 2.88 bits per heavy atom. The summed E-state index contributed by atoms with van der Waals surface area (Å²) in [5.41, 5.74) is 0.801. The first-order valence-electron chi connectivity index (χ1n) is 7.75. The molecule has 2 aromatic rings. The van der Waals surface area contributed by atoms with Gasteiger partial charge < -0.3 is 15.0 Å². The Hall–Kier alpha value is -1.93. The number of aliphatic hydroxyl groups excluding tert-OH is 1. The van der Waals surface area contributed by atoms with Crippen molar-refractivity contribution in [2.45, 2.75) is 24.5 Å². The molecule has 1 aliphatic rings. The van der Waals surface area contributed by atoms with Crippen LogP contribution >= 0.6 is 11.8 Å². The Balaban J connectivity index is 1.81. The maximum absolute atomic E-state index is 12.9. The van der Waals surface area contributed by atoms with Crippen LogP contribution in [0.25, 0.3) is 0 Å². The molecule has 0 fully saturated rings. The van der Waals surface area contributed by atoms with Crippen molar-refractivity contribution in [1.29, 1.82) is 0 Å². The van der Waals surface area contributed by atoms with Crippen molar-refractivity contribution < 1.29 is 23.1 Å². The molecule has 1 aromatic heterocycles. The van der Waals surface area contributed by atoms with Crippen molar-refractivity contribution in [3.05, 3.63) is 58.9 Å². The number of aromatic nitrogens is 1. The van der Waals surface area contributed by atoms with E-state index in [-0.39, 0.29) is 5.56 Å². The van der Waals surface area contributed by atoms with E-state index in [1.807, 2.05) is 10.8 Å². The lowest BCUT2D eigenvalue weighted by Crippen LogP contribution is -2.31. The molecule has 2 heterocycles. The average Bonchev–Trinajstić information content (AvgIpc) is 3.03. The fourth-order valence-electron chi connectivity index (χ4n) is 2.82. The van der Waals surface area contributed by atoms with E-state index in [0.29, 0.717) is 11.3 Å². The van der Waals surface area contributed by atoms with Crippen LogP contribution in [0.2, 0.25) is 0 Å². The summed E-state index contributed by atoms with van der Waals surface area (Å²) in [5.74, 6) is 1.29. The van der Waals surface area contributed by atoms with Crippen LogP contribution in [0, 0.1) is 0 Å². The Bertz CT molecular complexity index is 773. The third-order valence-electron chi connectivity index (χ3n) is 4.14. The van der Waals surface area contributed by atoms with Crippen LogP contribution in [0.15, 0.2) is 36.5 Å². The van der Waals surface area contributed by atoms with Gasteiger partial charge in [0, 0.05) is 29.9 Å². The summed E-state index contributed by atoms with van der Waals surface area (Å²) < 4.78 is 40.6. The summed E-state index contributed by atoms with van der Waals surface area (Å²) in [6, 6.07) is 5.44. The molecule has 0 spiro atoms. The van der Waals surface area contributed by atoms with Crippen LogP contribution < -0.4 is 5.32 Å². The smallest absolute Gasteiger partial charge is 0.394 e. The molecule has 0 radical (unpaired) electrons. The number of benzene rings is 1. The fourth-order valence-corrected chi connectivity index (χ4v) is 3.80. The minimum Gasteiger partial charge on any atom is -0.394 e. The summed E-state index contributed by atoms with van der Waals surface area (Å²) in [7, 11) is 0. The van der Waals surface area contributed by atoms with Crippen LogP contribution in [0.1, 0.15) is 33.2 Å². The van der Waals surface area contributed by atoms with Gasteiger partial charge in [-0.3, -0.25) is 4.79 Å². The molecule has 1 aromatic carbocycles. The first kappa shape index (κ1) is 17.9. The summed E-state index contributed by atoms with van der Waals surface area (Å²) in [6.45, 7) is 0.335. The highest BCUT2D eigenvalue weighted by Crippen LogP contribution is 2.31. The average molecular weight is 370 g/mol. The predicted octanol–water partition coefficient (Wildman–Crippen LogP) is 3.22. The number of hydrogen-bond donors (Lipinski definition) is 2. The van der Waals surface area contributed by atoms with Crippen molar-refractivity contribution in [3.63, 3.8) is 0 Å². The van der Waals surface area contributed by atoms with Crippen LogP contribution in [-0.4, -0.2) is 27.9 Å². The van der Waals surface area contributed by atoms with E-state index in [1.165, 1.54) is 12.1 Å². The largest absolute Gasteiger partial charge is 0.416 e. The highest BCUT2D eigenvalue weighted by Gasteiger charge is 2.31. The lowest BCUT2D eigenvalue weighted by molar-refractivity contribution is -0.137. The number of hydrogen-bond acceptors (Lipinski definition) is 3. The zero-order valence-electron chi connectivity index (χ0n) is 13.2. The van der Waals surface area contributed by atoms with Gasteiger partial charge in [0.25, 0.3) is 5.91 Å². The van der Waals surface area contributed by atoms with Gasteiger partial charge in [-0.2, -0.15) is 24.9 Å². The van der Waals surface area contributed by atoms with Crippen molar-refractivity contribution >= 4 is 17.7 Å². The molecular formula is C17H17F3N2O2S. The Labute approximate surface area is 147 Å². The molecule has 4 nitrogen and oxygen atoms in total. The SMILES string of the molecule is O=C(NC(CO)c1cccc(C(F)(F)F)c1)c1ccn2c1CSCC2. The predicted molar refractivity (Wildman–Crippen MR) is 89.3 cm³/mol. The first-order valence-corrected chi connectivity index (χ1v) is 8.90. The van der Waals surface area contributed by atoms with Gasteiger partial charge in [-0.05, 0) is 23.8 Å². The molecule has 0 aliphatic carbocycles. The molecule has 0 saturated carbocycles. The van der Waals surface area contributed by atoms with E-state index in [2.05, 4.69) is 5.32 Å².